The van der Waals surface area contributed by atoms with E-state index in [9.17, 15) is 0 Å². The molecule has 26 heavy (non-hydrogen) atoms. The maximum absolute atomic E-state index is 6.10. The molecule has 0 fully saturated rings. The molecule has 0 spiro atoms. The first-order chi connectivity index (χ1) is 12.5. The van der Waals surface area contributed by atoms with Gasteiger partial charge in [0.2, 0.25) is 5.88 Å². The van der Waals surface area contributed by atoms with Crippen LogP contribution in [0.15, 0.2) is 29.5 Å². The summed E-state index contributed by atoms with van der Waals surface area (Å²) in [6, 6.07) is 4.20. The van der Waals surface area contributed by atoms with E-state index in [2.05, 4.69) is 58.1 Å². The number of hydrogen-bond acceptors (Lipinski definition) is 4. The van der Waals surface area contributed by atoms with E-state index < -0.39 is 0 Å². The molecule has 0 bridgehead atoms. The highest BCUT2D eigenvalue weighted by Crippen LogP contribution is 2.32. The van der Waals surface area contributed by atoms with Gasteiger partial charge in [0.25, 0.3) is 0 Å². The average molecular weight is 358 g/mol. The number of nitrogens with one attached hydrogen (secondary N) is 1. The molecule has 0 saturated heterocycles. The lowest BCUT2D eigenvalue weighted by atomic mass is 10.00. The SMILES string of the molecule is CCOc1nc(C(C)C)ccc1C1=C(CC)C=C(OC(CC)CC)[CH]N1. The van der Waals surface area contributed by atoms with Gasteiger partial charge in [-0.25, -0.2) is 4.98 Å². The van der Waals surface area contributed by atoms with Crippen molar-refractivity contribution in [3.63, 3.8) is 0 Å². The van der Waals surface area contributed by atoms with Gasteiger partial charge in [0.15, 0.2) is 0 Å². The maximum Gasteiger partial charge on any atom is 0.223 e. The van der Waals surface area contributed by atoms with E-state index in [1.54, 1.807) is 0 Å². The molecule has 1 aromatic heterocycles. The predicted octanol–water partition coefficient (Wildman–Crippen LogP) is 5.58. The monoisotopic (exact) mass is 357 g/mol. The molecule has 1 N–H and O–H groups in total. The van der Waals surface area contributed by atoms with E-state index >= 15 is 0 Å². The summed E-state index contributed by atoms with van der Waals surface area (Å²) >= 11 is 0. The number of ether oxygens (including phenoxy) is 2. The van der Waals surface area contributed by atoms with Crippen LogP contribution in [0, 0.1) is 6.54 Å². The van der Waals surface area contributed by atoms with Crippen molar-refractivity contribution >= 4 is 5.70 Å². The van der Waals surface area contributed by atoms with Crippen LogP contribution >= 0.6 is 0 Å². The van der Waals surface area contributed by atoms with Gasteiger partial charge in [-0.1, -0.05) is 34.6 Å². The zero-order valence-corrected chi connectivity index (χ0v) is 17.1. The van der Waals surface area contributed by atoms with Crippen LogP contribution in [0.25, 0.3) is 5.70 Å². The highest BCUT2D eigenvalue weighted by atomic mass is 16.5. The van der Waals surface area contributed by atoms with Crippen molar-refractivity contribution < 1.29 is 9.47 Å². The largest absolute Gasteiger partial charge is 0.493 e. The lowest BCUT2D eigenvalue weighted by Crippen LogP contribution is -2.21. The van der Waals surface area contributed by atoms with Gasteiger partial charge in [-0.3, -0.25) is 0 Å². The molecule has 0 unspecified atom stereocenters. The van der Waals surface area contributed by atoms with Crippen molar-refractivity contribution in [2.24, 2.45) is 0 Å². The summed E-state index contributed by atoms with van der Waals surface area (Å²) < 4.78 is 11.9. The molecule has 0 aliphatic carbocycles. The Labute approximate surface area is 158 Å². The summed E-state index contributed by atoms with van der Waals surface area (Å²) in [6.07, 6.45) is 5.31. The molecule has 1 aliphatic heterocycles. The van der Waals surface area contributed by atoms with Crippen LogP contribution in [0.5, 0.6) is 5.88 Å². The average Bonchev–Trinajstić information content (AvgIpc) is 2.66. The number of dihydropyridines is 1. The lowest BCUT2D eigenvalue weighted by Gasteiger charge is -2.25. The Balaban J connectivity index is 2.39. The highest BCUT2D eigenvalue weighted by molar-refractivity contribution is 5.75. The number of nitrogens with zero attached hydrogens (tertiary/aromatic N) is 1. The molecule has 0 amide bonds. The molecule has 0 atom stereocenters. The standard InChI is InChI=1S/C22H33N2O2/c1-7-16-13-18(26-17(8-2)9-3)14-23-21(16)19-11-12-20(15(5)6)24-22(19)25-10-4/h11-15,17,23H,7-10H2,1-6H3. The molecule has 0 aromatic carbocycles. The molecular formula is C22H33N2O2. The number of allylic oxidation sites excluding steroid dienone is 2. The number of aromatic nitrogens is 1. The van der Waals surface area contributed by atoms with Crippen molar-refractivity contribution in [3.8, 4) is 5.88 Å². The van der Waals surface area contributed by atoms with Crippen LogP contribution in [0.4, 0.5) is 0 Å². The fraction of sp³-hybridized carbons (Fsp3) is 0.545. The van der Waals surface area contributed by atoms with E-state index in [1.807, 2.05) is 13.5 Å². The first-order valence-electron chi connectivity index (χ1n) is 9.89. The number of rotatable bonds is 9. The summed E-state index contributed by atoms with van der Waals surface area (Å²) in [7, 11) is 0. The zero-order valence-electron chi connectivity index (χ0n) is 17.1. The Hall–Kier alpha value is -1.97. The molecule has 4 heteroatoms. The van der Waals surface area contributed by atoms with Gasteiger partial charge in [0, 0.05) is 5.69 Å². The summed E-state index contributed by atoms with van der Waals surface area (Å²) in [6.45, 7) is 15.3. The van der Waals surface area contributed by atoms with E-state index in [0.29, 0.717) is 18.4 Å². The first kappa shape index (κ1) is 20.3. The van der Waals surface area contributed by atoms with Gasteiger partial charge in [0.05, 0.1) is 24.0 Å². The Morgan fingerprint density at radius 1 is 1.08 bits per heavy atom. The van der Waals surface area contributed by atoms with Crippen LogP contribution in [0.3, 0.4) is 0 Å². The molecular weight excluding hydrogens is 324 g/mol. The second-order valence-corrected chi connectivity index (χ2v) is 6.82. The molecule has 2 rings (SSSR count). The Morgan fingerprint density at radius 2 is 1.81 bits per heavy atom. The Kier molecular flexibility index (Phi) is 7.55. The van der Waals surface area contributed by atoms with Crippen LogP contribution in [0.1, 0.15) is 78.0 Å². The topological polar surface area (TPSA) is 43.4 Å². The van der Waals surface area contributed by atoms with Crippen molar-refractivity contribution in [1.29, 1.82) is 0 Å². The van der Waals surface area contributed by atoms with E-state index in [4.69, 9.17) is 14.5 Å². The highest BCUT2D eigenvalue weighted by Gasteiger charge is 2.21. The fourth-order valence-electron chi connectivity index (χ4n) is 2.98. The van der Waals surface area contributed by atoms with Crippen LogP contribution in [-0.4, -0.2) is 17.7 Å². The van der Waals surface area contributed by atoms with Crippen LogP contribution in [-0.2, 0) is 4.74 Å². The third-order valence-electron chi connectivity index (χ3n) is 4.61. The van der Waals surface area contributed by atoms with Crippen molar-refractivity contribution in [2.75, 3.05) is 6.61 Å². The van der Waals surface area contributed by atoms with Crippen molar-refractivity contribution in [2.45, 2.75) is 72.8 Å². The van der Waals surface area contributed by atoms with Gasteiger partial charge in [-0.05, 0) is 55.9 Å². The molecule has 1 aliphatic rings. The summed E-state index contributed by atoms with van der Waals surface area (Å²) in [4.78, 5) is 4.74. The number of hydrogen-bond donors (Lipinski definition) is 1. The summed E-state index contributed by atoms with van der Waals surface area (Å²) in [5, 5.41) is 3.43. The molecule has 143 valence electrons. The molecule has 1 radical (unpaired) electrons. The van der Waals surface area contributed by atoms with Crippen LogP contribution < -0.4 is 10.1 Å². The minimum absolute atomic E-state index is 0.255. The minimum atomic E-state index is 0.255. The van der Waals surface area contributed by atoms with Crippen molar-refractivity contribution in [3.05, 3.63) is 47.3 Å². The normalized spacial score (nSPS) is 14.5. The molecule has 0 saturated carbocycles. The Bertz CT molecular complexity index is 658. The molecule has 1 aromatic rings. The predicted molar refractivity (Wildman–Crippen MR) is 108 cm³/mol. The van der Waals surface area contributed by atoms with Gasteiger partial charge < -0.3 is 14.8 Å². The third kappa shape index (κ3) is 4.80. The number of pyridine rings is 1. The van der Waals surface area contributed by atoms with Crippen LogP contribution in [0.2, 0.25) is 0 Å². The first-order valence-corrected chi connectivity index (χ1v) is 9.89. The maximum atomic E-state index is 6.10. The van der Waals surface area contributed by atoms with E-state index in [1.165, 1.54) is 5.57 Å². The third-order valence-corrected chi connectivity index (χ3v) is 4.61. The van der Waals surface area contributed by atoms with Gasteiger partial charge in [-0.15, -0.1) is 0 Å². The zero-order chi connectivity index (χ0) is 19.1. The summed E-state index contributed by atoms with van der Waals surface area (Å²) in [5.41, 5.74) is 4.30. The van der Waals surface area contributed by atoms with Gasteiger partial charge in [-0.2, -0.15) is 0 Å². The minimum Gasteiger partial charge on any atom is -0.493 e. The second kappa shape index (κ2) is 9.65. The lowest BCUT2D eigenvalue weighted by molar-refractivity contribution is 0.112. The van der Waals surface area contributed by atoms with Crippen molar-refractivity contribution in [1.82, 2.24) is 10.3 Å². The fourth-order valence-corrected chi connectivity index (χ4v) is 2.98. The van der Waals surface area contributed by atoms with Gasteiger partial charge in [0.1, 0.15) is 12.3 Å². The summed E-state index contributed by atoms with van der Waals surface area (Å²) in [5.74, 6) is 1.95. The smallest absolute Gasteiger partial charge is 0.223 e. The van der Waals surface area contributed by atoms with E-state index in [-0.39, 0.29) is 6.10 Å². The molecule has 2 heterocycles. The van der Waals surface area contributed by atoms with E-state index in [0.717, 1.165) is 42.0 Å². The quantitative estimate of drug-likeness (QED) is 0.626. The van der Waals surface area contributed by atoms with Gasteiger partial charge >= 0.3 is 0 Å². The Morgan fingerprint density at radius 3 is 2.38 bits per heavy atom. The molecule has 4 nitrogen and oxygen atoms in total. The second-order valence-electron chi connectivity index (χ2n) is 6.82.